The maximum atomic E-state index is 12.6. The summed E-state index contributed by atoms with van der Waals surface area (Å²) in [7, 11) is 0. The molecule has 0 fully saturated rings. The zero-order chi connectivity index (χ0) is 31.7. The van der Waals surface area contributed by atoms with Gasteiger partial charge in [0.15, 0.2) is 5.82 Å². The number of rotatable bonds is 18. The van der Waals surface area contributed by atoms with Gasteiger partial charge >= 0.3 is 17.9 Å². The first-order valence-electron chi connectivity index (χ1n) is 14.7. The van der Waals surface area contributed by atoms with E-state index < -0.39 is 11.9 Å². The summed E-state index contributed by atoms with van der Waals surface area (Å²) in [6.45, 7) is 9.52. The predicted molar refractivity (Wildman–Crippen MR) is 162 cm³/mol. The Morgan fingerprint density at radius 1 is 0.682 bits per heavy atom. The highest BCUT2D eigenvalue weighted by Gasteiger charge is 2.15. The van der Waals surface area contributed by atoms with Crippen LogP contribution in [0.1, 0.15) is 61.3 Å². The zero-order valence-electron chi connectivity index (χ0n) is 25.7. The van der Waals surface area contributed by atoms with Crippen molar-refractivity contribution in [1.29, 1.82) is 0 Å². The molecule has 0 bridgehead atoms. The maximum Gasteiger partial charge on any atom is 0.343 e. The molecule has 236 valence electrons. The van der Waals surface area contributed by atoms with E-state index in [2.05, 4.69) is 9.97 Å². The van der Waals surface area contributed by atoms with Crippen molar-refractivity contribution in [3.63, 3.8) is 0 Å². The lowest BCUT2D eigenvalue weighted by atomic mass is 10.0. The third-order valence-electron chi connectivity index (χ3n) is 6.30. The Morgan fingerprint density at radius 2 is 1.25 bits per heavy atom. The van der Waals surface area contributed by atoms with Gasteiger partial charge in [-0.05, 0) is 75.2 Å². The number of aromatic nitrogens is 2. The van der Waals surface area contributed by atoms with E-state index in [1.807, 2.05) is 13.8 Å². The largest absolute Gasteiger partial charge is 0.491 e. The first kappa shape index (κ1) is 34.1. The number of ether oxygens (including phenoxy) is 6. The van der Waals surface area contributed by atoms with Crippen molar-refractivity contribution in [2.24, 2.45) is 5.92 Å². The van der Waals surface area contributed by atoms with Gasteiger partial charge in [0.1, 0.15) is 24.7 Å². The van der Waals surface area contributed by atoms with E-state index >= 15 is 0 Å². The highest BCUT2D eigenvalue weighted by atomic mass is 16.6. The van der Waals surface area contributed by atoms with Crippen LogP contribution in [0.4, 0.5) is 0 Å². The summed E-state index contributed by atoms with van der Waals surface area (Å²) in [4.78, 5) is 44.8. The zero-order valence-corrected chi connectivity index (χ0v) is 25.7. The fourth-order valence-electron chi connectivity index (χ4n) is 3.87. The summed E-state index contributed by atoms with van der Waals surface area (Å²) in [5, 5.41) is 0. The van der Waals surface area contributed by atoms with Crippen molar-refractivity contribution in [2.45, 2.75) is 46.6 Å². The average Bonchev–Trinajstić information content (AvgIpc) is 3.03. The van der Waals surface area contributed by atoms with Gasteiger partial charge in [-0.15, -0.1) is 0 Å². The van der Waals surface area contributed by atoms with Crippen molar-refractivity contribution in [2.75, 3.05) is 39.6 Å². The summed E-state index contributed by atoms with van der Waals surface area (Å²) in [5.41, 5.74) is 1.33. The molecule has 44 heavy (non-hydrogen) atoms. The molecule has 3 aromatic rings. The summed E-state index contributed by atoms with van der Waals surface area (Å²) in [6.07, 6.45) is 4.14. The van der Waals surface area contributed by atoms with E-state index in [4.69, 9.17) is 28.4 Å². The van der Waals surface area contributed by atoms with E-state index in [1.54, 1.807) is 62.4 Å². The Kier molecular flexibility index (Phi) is 14.2. The molecule has 0 saturated heterocycles. The van der Waals surface area contributed by atoms with Gasteiger partial charge in [0, 0.05) is 18.0 Å². The van der Waals surface area contributed by atoms with Crippen LogP contribution < -0.4 is 9.47 Å². The number of hydrogen-bond acceptors (Lipinski definition) is 11. The van der Waals surface area contributed by atoms with E-state index in [9.17, 15) is 14.4 Å². The molecule has 0 saturated carbocycles. The van der Waals surface area contributed by atoms with Crippen LogP contribution in [0.25, 0.3) is 11.4 Å². The average molecular weight is 609 g/mol. The van der Waals surface area contributed by atoms with E-state index in [0.717, 1.165) is 12.8 Å². The molecule has 0 aliphatic carbocycles. The second-order valence-corrected chi connectivity index (χ2v) is 9.94. The minimum Gasteiger partial charge on any atom is -0.491 e. The lowest BCUT2D eigenvalue weighted by Crippen LogP contribution is -2.19. The van der Waals surface area contributed by atoms with Gasteiger partial charge in [-0.1, -0.05) is 13.8 Å². The molecule has 0 amide bonds. The van der Waals surface area contributed by atoms with Crippen LogP contribution in [0.5, 0.6) is 11.5 Å². The van der Waals surface area contributed by atoms with Gasteiger partial charge in [-0.2, -0.15) is 0 Å². The fourth-order valence-corrected chi connectivity index (χ4v) is 3.87. The minimum absolute atomic E-state index is 0.0502. The van der Waals surface area contributed by atoms with Crippen LogP contribution in [0, 0.1) is 5.92 Å². The van der Waals surface area contributed by atoms with Gasteiger partial charge in [-0.3, -0.25) is 4.79 Å². The van der Waals surface area contributed by atoms with E-state index in [0.29, 0.717) is 61.5 Å². The van der Waals surface area contributed by atoms with Crippen LogP contribution in [-0.4, -0.2) is 73.6 Å². The molecule has 0 aliphatic rings. The Bertz CT molecular complexity index is 1310. The molecule has 0 N–H and O–H groups in total. The van der Waals surface area contributed by atoms with Crippen LogP contribution in [0.2, 0.25) is 0 Å². The molecule has 11 heteroatoms. The van der Waals surface area contributed by atoms with Crippen molar-refractivity contribution >= 4 is 17.9 Å². The van der Waals surface area contributed by atoms with Crippen molar-refractivity contribution < 1.29 is 42.8 Å². The highest BCUT2D eigenvalue weighted by molar-refractivity contribution is 5.91. The number of nitrogens with zero attached hydrogens (tertiary/aromatic N) is 2. The molecular formula is C33H40N2O9. The molecule has 0 atom stereocenters. The lowest BCUT2D eigenvalue weighted by Gasteiger charge is -2.12. The molecule has 0 unspecified atom stereocenters. The van der Waals surface area contributed by atoms with Crippen LogP contribution >= 0.6 is 0 Å². The molecule has 0 spiro atoms. The van der Waals surface area contributed by atoms with Crippen molar-refractivity contribution in [1.82, 2.24) is 9.97 Å². The number of hydrogen-bond donors (Lipinski definition) is 0. The Labute approximate surface area is 257 Å². The summed E-state index contributed by atoms with van der Waals surface area (Å²) >= 11 is 0. The van der Waals surface area contributed by atoms with Gasteiger partial charge in [0.25, 0.3) is 0 Å². The third kappa shape index (κ3) is 11.4. The number of benzene rings is 2. The predicted octanol–water partition coefficient (Wildman–Crippen LogP) is 5.32. The lowest BCUT2D eigenvalue weighted by molar-refractivity contribution is -0.150. The van der Waals surface area contributed by atoms with Gasteiger partial charge in [-0.25, -0.2) is 19.6 Å². The second kappa shape index (κ2) is 18.3. The van der Waals surface area contributed by atoms with Crippen molar-refractivity contribution in [3.8, 4) is 22.9 Å². The van der Waals surface area contributed by atoms with Gasteiger partial charge in [0.05, 0.1) is 49.6 Å². The second-order valence-electron chi connectivity index (χ2n) is 9.94. The van der Waals surface area contributed by atoms with Gasteiger partial charge in [0.2, 0.25) is 0 Å². The molecule has 11 nitrogen and oxygen atoms in total. The first-order chi connectivity index (χ1) is 21.3. The minimum atomic E-state index is -0.512. The van der Waals surface area contributed by atoms with Crippen LogP contribution in [0.3, 0.4) is 0 Å². The molecule has 1 heterocycles. The maximum absolute atomic E-state index is 12.6. The van der Waals surface area contributed by atoms with Crippen LogP contribution in [-0.2, 0) is 23.7 Å². The standard InChI is InChI=1S/C33H40N2O9/c1-5-24(6-2)31(36)42-20-18-40-16-15-39-17-19-41-28-11-9-26(10-12-28)32(37)44-29-13-7-25(8-14-29)30-34-21-27(22-35-30)33(38)43-23(3)4/h7-14,21-24H,5-6,15-20H2,1-4H3. The number of carbonyl (C=O) groups is 3. The molecule has 1 aromatic heterocycles. The Hall–Kier alpha value is -4.35. The molecule has 3 rings (SSSR count). The molecular weight excluding hydrogens is 568 g/mol. The quantitative estimate of drug-likeness (QED) is 0.106. The smallest absolute Gasteiger partial charge is 0.343 e. The molecule has 0 aliphatic heterocycles. The van der Waals surface area contributed by atoms with E-state index in [1.165, 1.54) is 12.4 Å². The van der Waals surface area contributed by atoms with Gasteiger partial charge < -0.3 is 28.4 Å². The Balaban J connectivity index is 1.32. The van der Waals surface area contributed by atoms with Crippen molar-refractivity contribution in [3.05, 3.63) is 72.1 Å². The molecule has 0 radical (unpaired) electrons. The summed E-state index contributed by atoms with van der Waals surface area (Å²) in [6, 6.07) is 13.3. The fraction of sp³-hybridized carbons (Fsp3) is 0.424. The normalized spacial score (nSPS) is 11.0. The van der Waals surface area contributed by atoms with Crippen LogP contribution in [0.15, 0.2) is 60.9 Å². The highest BCUT2D eigenvalue weighted by Crippen LogP contribution is 2.21. The van der Waals surface area contributed by atoms with E-state index in [-0.39, 0.29) is 30.2 Å². The number of esters is 3. The third-order valence-corrected chi connectivity index (χ3v) is 6.30. The Morgan fingerprint density at radius 3 is 1.84 bits per heavy atom. The summed E-state index contributed by atoms with van der Waals surface area (Å²) in [5.74, 6) is 0.156. The SMILES string of the molecule is CCC(CC)C(=O)OCCOCCOCCOc1ccc(C(=O)Oc2ccc(-c3ncc(C(=O)OC(C)C)cn3)cc2)cc1. The summed E-state index contributed by atoms with van der Waals surface area (Å²) < 4.78 is 32.4. The number of carbonyl (C=O) groups excluding carboxylic acids is 3. The molecule has 2 aromatic carbocycles. The topological polar surface area (TPSA) is 132 Å². The monoisotopic (exact) mass is 608 g/mol. The first-order valence-corrected chi connectivity index (χ1v) is 14.7.